The molecule has 0 aliphatic heterocycles. The third-order valence-corrected chi connectivity index (χ3v) is 2.12. The molecule has 0 radical (unpaired) electrons. The molecule has 15 heavy (non-hydrogen) atoms. The molecule has 2 aromatic heterocycles. The molecule has 0 saturated heterocycles. The van der Waals surface area contributed by atoms with E-state index in [0.29, 0.717) is 18.1 Å². The Morgan fingerprint density at radius 3 is 2.93 bits per heavy atom. The molecule has 0 fully saturated rings. The Kier molecular flexibility index (Phi) is 2.24. The molecule has 6 heteroatoms. The maximum absolute atomic E-state index is 11.5. The van der Waals surface area contributed by atoms with Crippen LogP contribution in [0.3, 0.4) is 0 Å². The number of hydrogen-bond acceptors (Lipinski definition) is 4. The highest BCUT2D eigenvalue weighted by molar-refractivity contribution is 5.33. The second kappa shape index (κ2) is 3.56. The van der Waals surface area contributed by atoms with Crippen LogP contribution in [0.4, 0.5) is 5.69 Å². The molecule has 2 rings (SSSR count). The second-order valence-corrected chi connectivity index (χ2v) is 3.23. The third kappa shape index (κ3) is 1.88. The van der Waals surface area contributed by atoms with E-state index in [0.717, 1.165) is 0 Å². The number of hydrogen-bond donors (Lipinski definition) is 1. The number of nitrogens with two attached hydrogens (primary N) is 1. The third-order valence-electron chi connectivity index (χ3n) is 2.12. The highest BCUT2D eigenvalue weighted by atomic mass is 16.1. The van der Waals surface area contributed by atoms with Gasteiger partial charge < -0.3 is 10.3 Å². The summed E-state index contributed by atoms with van der Waals surface area (Å²) in [5.41, 5.74) is 6.04. The molecule has 0 unspecified atom stereocenters. The maximum atomic E-state index is 11.5. The number of aromatic nitrogens is 4. The van der Waals surface area contributed by atoms with Crippen molar-refractivity contribution in [3.05, 3.63) is 40.8 Å². The van der Waals surface area contributed by atoms with Crippen LogP contribution in [0.15, 0.2) is 29.5 Å². The Labute approximate surface area is 86.0 Å². The summed E-state index contributed by atoms with van der Waals surface area (Å²) in [5, 5.41) is 3.92. The summed E-state index contributed by atoms with van der Waals surface area (Å²) in [5.74, 6) is 0.711. The van der Waals surface area contributed by atoms with Gasteiger partial charge in [-0.2, -0.15) is 5.10 Å². The first-order valence-electron chi connectivity index (χ1n) is 4.45. The summed E-state index contributed by atoms with van der Waals surface area (Å²) in [6.07, 6.45) is 3.05. The van der Waals surface area contributed by atoms with E-state index in [1.807, 2.05) is 0 Å². The Morgan fingerprint density at radius 2 is 2.27 bits per heavy atom. The largest absolute Gasteiger partial charge is 0.398 e. The van der Waals surface area contributed by atoms with Crippen molar-refractivity contribution in [2.75, 3.05) is 5.73 Å². The molecule has 0 aliphatic rings. The minimum Gasteiger partial charge on any atom is -0.398 e. The summed E-state index contributed by atoms with van der Waals surface area (Å²) in [7, 11) is 1.78. The van der Waals surface area contributed by atoms with Crippen molar-refractivity contribution in [3.8, 4) is 0 Å². The van der Waals surface area contributed by atoms with E-state index in [-0.39, 0.29) is 5.56 Å². The average Bonchev–Trinajstić information content (AvgIpc) is 2.58. The smallest absolute Gasteiger partial charge is 0.251 e. The second-order valence-electron chi connectivity index (χ2n) is 3.23. The van der Waals surface area contributed by atoms with E-state index in [1.165, 1.54) is 17.0 Å². The van der Waals surface area contributed by atoms with Crippen LogP contribution in [-0.4, -0.2) is 19.3 Å². The van der Waals surface area contributed by atoms with Crippen molar-refractivity contribution in [2.45, 2.75) is 6.54 Å². The summed E-state index contributed by atoms with van der Waals surface area (Å²) in [6, 6.07) is 3.02. The Bertz CT molecular complexity index is 527. The van der Waals surface area contributed by atoms with Crippen molar-refractivity contribution >= 4 is 5.69 Å². The first-order valence-corrected chi connectivity index (χ1v) is 4.45. The van der Waals surface area contributed by atoms with E-state index in [1.54, 1.807) is 24.0 Å². The Balaban J connectivity index is 2.36. The standard InChI is InChI=1S/C9H11N5O/c1-13-8(11-6-12-13)5-14-4-7(10)2-3-9(14)15/h2-4,6H,5,10H2,1H3. The molecular weight excluding hydrogens is 194 g/mol. The predicted molar refractivity (Wildman–Crippen MR) is 55.2 cm³/mol. The van der Waals surface area contributed by atoms with Crippen LogP contribution in [0.25, 0.3) is 0 Å². The van der Waals surface area contributed by atoms with Gasteiger partial charge >= 0.3 is 0 Å². The molecule has 0 atom stereocenters. The summed E-state index contributed by atoms with van der Waals surface area (Å²) in [6.45, 7) is 0.375. The van der Waals surface area contributed by atoms with Crippen LogP contribution in [0, 0.1) is 0 Å². The number of anilines is 1. The van der Waals surface area contributed by atoms with Crippen molar-refractivity contribution in [3.63, 3.8) is 0 Å². The quantitative estimate of drug-likeness (QED) is 0.724. The van der Waals surface area contributed by atoms with Gasteiger partial charge in [0.2, 0.25) is 0 Å². The molecule has 0 aromatic carbocycles. The van der Waals surface area contributed by atoms with Crippen LogP contribution in [-0.2, 0) is 13.6 Å². The summed E-state index contributed by atoms with van der Waals surface area (Å²) < 4.78 is 3.12. The fourth-order valence-electron chi connectivity index (χ4n) is 1.29. The van der Waals surface area contributed by atoms with Crippen LogP contribution >= 0.6 is 0 Å². The average molecular weight is 205 g/mol. The molecule has 2 heterocycles. The molecule has 0 aliphatic carbocycles. The number of rotatable bonds is 2. The van der Waals surface area contributed by atoms with Gasteiger partial charge in [-0.25, -0.2) is 4.98 Å². The zero-order valence-electron chi connectivity index (χ0n) is 8.29. The van der Waals surface area contributed by atoms with Gasteiger partial charge in [-0.1, -0.05) is 0 Å². The fourth-order valence-corrected chi connectivity index (χ4v) is 1.29. The minimum atomic E-state index is -0.104. The highest BCUT2D eigenvalue weighted by Gasteiger charge is 2.03. The van der Waals surface area contributed by atoms with Gasteiger partial charge in [0.15, 0.2) is 0 Å². The molecule has 6 nitrogen and oxygen atoms in total. The zero-order chi connectivity index (χ0) is 10.8. The molecule has 78 valence electrons. The van der Waals surface area contributed by atoms with Gasteiger partial charge in [0.1, 0.15) is 12.2 Å². The van der Waals surface area contributed by atoms with Crippen LogP contribution in [0.2, 0.25) is 0 Å². The monoisotopic (exact) mass is 205 g/mol. The van der Waals surface area contributed by atoms with Crippen LogP contribution < -0.4 is 11.3 Å². The normalized spacial score (nSPS) is 10.5. The van der Waals surface area contributed by atoms with Gasteiger partial charge in [-0.3, -0.25) is 9.48 Å². The van der Waals surface area contributed by atoms with Crippen molar-refractivity contribution in [1.29, 1.82) is 0 Å². The number of aryl methyl sites for hydroxylation is 1. The lowest BCUT2D eigenvalue weighted by Crippen LogP contribution is -2.21. The molecule has 0 saturated carbocycles. The number of nitrogens with zero attached hydrogens (tertiary/aromatic N) is 4. The summed E-state index contributed by atoms with van der Waals surface area (Å²) >= 11 is 0. The van der Waals surface area contributed by atoms with E-state index < -0.39 is 0 Å². The molecule has 2 N–H and O–H groups in total. The lowest BCUT2D eigenvalue weighted by atomic mass is 10.4. The predicted octanol–water partition coefficient (Wildman–Crippen LogP) is -0.393. The minimum absolute atomic E-state index is 0.104. The lowest BCUT2D eigenvalue weighted by molar-refractivity contribution is 0.641. The Hall–Kier alpha value is -2.11. The molecule has 2 aromatic rings. The molecule has 0 spiro atoms. The van der Waals surface area contributed by atoms with E-state index in [2.05, 4.69) is 10.1 Å². The van der Waals surface area contributed by atoms with E-state index in [9.17, 15) is 4.79 Å². The zero-order valence-corrected chi connectivity index (χ0v) is 8.29. The van der Waals surface area contributed by atoms with Gasteiger partial charge in [0.05, 0.1) is 6.54 Å². The first kappa shape index (κ1) is 9.45. The van der Waals surface area contributed by atoms with Gasteiger partial charge in [0, 0.05) is 25.0 Å². The number of pyridine rings is 1. The number of nitrogen functional groups attached to an aromatic ring is 1. The van der Waals surface area contributed by atoms with Crippen LogP contribution in [0.5, 0.6) is 0 Å². The van der Waals surface area contributed by atoms with Crippen molar-refractivity contribution < 1.29 is 0 Å². The summed E-state index contributed by atoms with van der Waals surface area (Å²) in [4.78, 5) is 15.5. The maximum Gasteiger partial charge on any atom is 0.251 e. The van der Waals surface area contributed by atoms with Gasteiger partial charge in [-0.05, 0) is 6.07 Å². The van der Waals surface area contributed by atoms with Gasteiger partial charge in [0.25, 0.3) is 5.56 Å². The molecular formula is C9H11N5O. The lowest BCUT2D eigenvalue weighted by Gasteiger charge is -2.05. The highest BCUT2D eigenvalue weighted by Crippen LogP contribution is 1.99. The fraction of sp³-hybridized carbons (Fsp3) is 0.222. The van der Waals surface area contributed by atoms with E-state index >= 15 is 0 Å². The SMILES string of the molecule is Cn1ncnc1Cn1cc(N)ccc1=O. The Morgan fingerprint density at radius 1 is 1.47 bits per heavy atom. The molecule has 0 bridgehead atoms. The topological polar surface area (TPSA) is 78.7 Å². The molecule has 0 amide bonds. The van der Waals surface area contributed by atoms with Gasteiger partial charge in [-0.15, -0.1) is 0 Å². The van der Waals surface area contributed by atoms with E-state index in [4.69, 9.17) is 5.73 Å². The first-order chi connectivity index (χ1) is 7.16. The van der Waals surface area contributed by atoms with Crippen LogP contribution in [0.1, 0.15) is 5.82 Å². The van der Waals surface area contributed by atoms with Crippen molar-refractivity contribution in [1.82, 2.24) is 19.3 Å². The van der Waals surface area contributed by atoms with Crippen molar-refractivity contribution in [2.24, 2.45) is 7.05 Å².